The van der Waals surface area contributed by atoms with Crippen molar-refractivity contribution >= 4 is 29.3 Å². The van der Waals surface area contributed by atoms with Crippen LogP contribution in [0, 0.1) is 18.3 Å². The zero-order valence-electron chi connectivity index (χ0n) is 20.3. The monoisotopic (exact) mass is 489 g/mol. The number of hydrogen-bond acceptors (Lipinski definition) is 8. The maximum atomic E-state index is 12.0. The molecule has 1 aliphatic carbocycles. The summed E-state index contributed by atoms with van der Waals surface area (Å²) in [7, 11) is 1.72. The van der Waals surface area contributed by atoms with Gasteiger partial charge in [0.15, 0.2) is 11.7 Å². The van der Waals surface area contributed by atoms with Crippen molar-refractivity contribution in [1.82, 2.24) is 19.2 Å². The third-order valence-electron chi connectivity index (χ3n) is 6.46. The number of aromatic nitrogens is 4. The molecule has 3 atom stereocenters. The molecule has 36 heavy (non-hydrogen) atoms. The molecular weight excluding hydrogens is 458 g/mol. The van der Waals surface area contributed by atoms with Crippen molar-refractivity contribution in [3.63, 3.8) is 0 Å². The van der Waals surface area contributed by atoms with Crippen LogP contribution in [0.3, 0.4) is 0 Å². The van der Waals surface area contributed by atoms with Crippen LogP contribution in [0.5, 0.6) is 0 Å². The van der Waals surface area contributed by atoms with Gasteiger partial charge < -0.3 is 25.7 Å². The van der Waals surface area contributed by atoms with Crippen LogP contribution in [-0.4, -0.2) is 43.8 Å². The Hall–Kier alpha value is -4.10. The minimum absolute atomic E-state index is 0.0618. The summed E-state index contributed by atoms with van der Waals surface area (Å²) in [5, 5.41) is 11.4. The van der Waals surface area contributed by atoms with Crippen molar-refractivity contribution in [1.29, 1.82) is 0 Å². The Balaban J connectivity index is 1.55. The number of anilines is 2. The largest absolute Gasteiger partial charge is 0.463 e. The molecule has 3 aromatic heterocycles. The number of esters is 1. The van der Waals surface area contributed by atoms with Crippen LogP contribution in [0.25, 0.3) is 11.7 Å². The molecule has 1 fully saturated rings. The van der Waals surface area contributed by atoms with E-state index in [2.05, 4.69) is 28.2 Å². The fraction of sp³-hybridized carbons (Fsp3) is 0.385. The number of nitrogens with one attached hydrogen (secondary N) is 2. The van der Waals surface area contributed by atoms with Crippen LogP contribution >= 0.6 is 0 Å². The number of rotatable bonds is 9. The number of nitrogens with zero attached hydrogens (tertiary/aromatic N) is 4. The topological polar surface area (TPSA) is 129 Å². The van der Waals surface area contributed by atoms with E-state index in [0.29, 0.717) is 18.0 Å². The Morgan fingerprint density at radius 2 is 2.22 bits per heavy atom. The average Bonchev–Trinajstić information content (AvgIpc) is 3.31. The molecule has 0 unspecified atom stereocenters. The van der Waals surface area contributed by atoms with Gasteiger partial charge >= 0.3 is 5.97 Å². The molecule has 0 spiro atoms. The fourth-order valence-corrected chi connectivity index (χ4v) is 4.41. The van der Waals surface area contributed by atoms with Gasteiger partial charge in [0.25, 0.3) is 0 Å². The lowest BCUT2D eigenvalue weighted by atomic mass is 9.85. The lowest BCUT2D eigenvalue weighted by molar-refractivity contribution is -0.145. The lowest BCUT2D eigenvalue weighted by Gasteiger charge is -2.32. The highest BCUT2D eigenvalue weighted by atomic mass is 16.5. The number of hydrogen-bond donors (Lipinski definition) is 3. The number of ether oxygens (including phenoxy) is 1. The Labute approximate surface area is 209 Å². The van der Waals surface area contributed by atoms with Crippen LogP contribution in [-0.2, 0) is 23.1 Å². The predicted octanol–water partition coefficient (Wildman–Crippen LogP) is 2.16. The molecule has 0 bridgehead atoms. The van der Waals surface area contributed by atoms with Crippen LogP contribution in [0.2, 0.25) is 0 Å². The maximum absolute atomic E-state index is 12.0. The van der Waals surface area contributed by atoms with E-state index in [1.165, 1.54) is 0 Å². The van der Waals surface area contributed by atoms with Gasteiger partial charge in [-0.3, -0.25) is 4.79 Å². The van der Waals surface area contributed by atoms with Gasteiger partial charge in [-0.2, -0.15) is 9.61 Å². The van der Waals surface area contributed by atoms with Crippen molar-refractivity contribution in [3.8, 4) is 12.3 Å². The summed E-state index contributed by atoms with van der Waals surface area (Å²) in [5.41, 5.74) is 7.95. The number of terminal acetylenes is 1. The molecule has 10 nitrogen and oxygen atoms in total. The number of aryl methyl sites for hydroxylation is 1. The second kappa shape index (κ2) is 11.1. The zero-order chi connectivity index (χ0) is 25.7. The first-order chi connectivity index (χ1) is 17.4. The van der Waals surface area contributed by atoms with Gasteiger partial charge in [-0.25, -0.2) is 9.78 Å². The molecule has 10 heteroatoms. The standard InChI is InChI=1S/C26H31N7O3/c1-4-18-14-29-33-23(28-13-17-10-11-24(34)32(3)15-17)12-22(31-25(18)33)30-21-9-7-6-8-19(21)16-36-26(35)20(27)5-2/h2,4,10-12,14-15,19-21,28H,1,6-9,13,16,27H2,3H3,(H,30,31)/t19-,20-,21-/m0/s1. The van der Waals surface area contributed by atoms with Crippen LogP contribution < -0.4 is 21.9 Å². The number of fused-ring (bicyclic) bond motifs is 1. The van der Waals surface area contributed by atoms with Gasteiger partial charge in [0.05, 0.1) is 12.8 Å². The van der Waals surface area contributed by atoms with Gasteiger partial charge in [0, 0.05) is 49.4 Å². The van der Waals surface area contributed by atoms with Gasteiger partial charge in [0.1, 0.15) is 11.6 Å². The number of carbonyl (C=O) groups excluding carboxylic acids is 1. The van der Waals surface area contributed by atoms with Crippen LogP contribution in [0.4, 0.5) is 11.6 Å². The molecule has 0 radical (unpaired) electrons. The van der Waals surface area contributed by atoms with E-state index < -0.39 is 12.0 Å². The highest BCUT2D eigenvalue weighted by molar-refractivity contribution is 5.79. The summed E-state index contributed by atoms with van der Waals surface area (Å²) in [4.78, 5) is 28.5. The summed E-state index contributed by atoms with van der Waals surface area (Å²) in [6.45, 7) is 4.61. The normalized spacial score (nSPS) is 18.2. The molecule has 4 N–H and O–H groups in total. The molecule has 0 aromatic carbocycles. The average molecular weight is 490 g/mol. The molecule has 1 aliphatic rings. The van der Waals surface area contributed by atoms with Gasteiger partial charge in [-0.05, 0) is 18.4 Å². The molecule has 1 saturated carbocycles. The molecule has 3 heterocycles. The summed E-state index contributed by atoms with van der Waals surface area (Å²) in [6.07, 6.45) is 14.4. The second-order valence-electron chi connectivity index (χ2n) is 8.98. The van der Waals surface area contributed by atoms with E-state index in [1.807, 2.05) is 6.07 Å². The molecule has 188 valence electrons. The quantitative estimate of drug-likeness (QED) is 0.308. The smallest absolute Gasteiger partial charge is 0.335 e. The van der Waals surface area contributed by atoms with Gasteiger partial charge in [0.2, 0.25) is 5.56 Å². The van der Waals surface area contributed by atoms with Gasteiger partial charge in [-0.1, -0.05) is 37.5 Å². The summed E-state index contributed by atoms with van der Waals surface area (Å²) < 4.78 is 8.67. The Morgan fingerprint density at radius 1 is 1.42 bits per heavy atom. The van der Waals surface area contributed by atoms with E-state index in [1.54, 1.807) is 46.7 Å². The first-order valence-electron chi connectivity index (χ1n) is 11.9. The highest BCUT2D eigenvalue weighted by Gasteiger charge is 2.28. The molecule has 0 amide bonds. The summed E-state index contributed by atoms with van der Waals surface area (Å²) in [5.74, 6) is 3.15. The van der Waals surface area contributed by atoms with Crippen molar-refractivity contribution in [2.24, 2.45) is 18.7 Å². The fourth-order valence-electron chi connectivity index (χ4n) is 4.41. The second-order valence-corrected chi connectivity index (χ2v) is 8.98. The summed E-state index contributed by atoms with van der Waals surface area (Å²) >= 11 is 0. The van der Waals surface area contributed by atoms with Crippen LogP contribution in [0.15, 0.2) is 42.0 Å². The first-order valence-corrected chi connectivity index (χ1v) is 11.9. The van der Waals surface area contributed by atoms with Crippen molar-refractivity contribution in [3.05, 3.63) is 58.7 Å². The van der Waals surface area contributed by atoms with E-state index >= 15 is 0 Å². The first kappa shape index (κ1) is 25.0. The Kier molecular flexibility index (Phi) is 7.71. The molecule has 0 saturated heterocycles. The van der Waals surface area contributed by atoms with E-state index in [0.717, 1.165) is 42.6 Å². The summed E-state index contributed by atoms with van der Waals surface area (Å²) in [6, 6.07) is 4.26. The number of carbonyl (C=O) groups is 1. The number of pyridine rings is 1. The molecule has 0 aliphatic heterocycles. The zero-order valence-corrected chi connectivity index (χ0v) is 20.3. The van der Waals surface area contributed by atoms with Crippen molar-refractivity contribution < 1.29 is 9.53 Å². The Bertz CT molecular complexity index is 1350. The molecular formula is C26H31N7O3. The maximum Gasteiger partial charge on any atom is 0.335 e. The third-order valence-corrected chi connectivity index (χ3v) is 6.46. The number of nitrogens with two attached hydrogens (primary N) is 1. The van der Waals surface area contributed by atoms with E-state index in [-0.39, 0.29) is 24.1 Å². The van der Waals surface area contributed by atoms with E-state index in [4.69, 9.17) is 21.9 Å². The molecule has 4 rings (SSSR count). The van der Waals surface area contributed by atoms with Crippen molar-refractivity contribution in [2.45, 2.75) is 44.3 Å². The predicted molar refractivity (Wildman–Crippen MR) is 139 cm³/mol. The lowest BCUT2D eigenvalue weighted by Crippen LogP contribution is -2.38. The van der Waals surface area contributed by atoms with Gasteiger partial charge in [-0.15, -0.1) is 6.42 Å². The third kappa shape index (κ3) is 5.58. The minimum atomic E-state index is -1.05. The SMILES string of the molecule is C#C[C@H](N)C(=O)OC[C@@H]1CCCC[C@@H]1Nc1cc(NCc2ccc(=O)n(C)c2)n2ncc(C=C)c2n1. The minimum Gasteiger partial charge on any atom is -0.463 e. The highest BCUT2D eigenvalue weighted by Crippen LogP contribution is 2.29. The van der Waals surface area contributed by atoms with Crippen LogP contribution in [0.1, 0.15) is 36.8 Å². The van der Waals surface area contributed by atoms with E-state index in [9.17, 15) is 9.59 Å². The molecule has 3 aromatic rings. The Morgan fingerprint density at radius 3 is 2.97 bits per heavy atom. The van der Waals surface area contributed by atoms with Crippen molar-refractivity contribution in [2.75, 3.05) is 17.2 Å².